The third-order valence-corrected chi connectivity index (χ3v) is 9.84. The molecule has 0 unspecified atom stereocenters. The van der Waals surface area contributed by atoms with Crippen LogP contribution in [0.1, 0.15) is 19.3 Å². The van der Waals surface area contributed by atoms with Crippen LogP contribution in [0, 0.1) is 0 Å². The van der Waals surface area contributed by atoms with Gasteiger partial charge in [0, 0.05) is 17.5 Å². The first-order chi connectivity index (χ1) is 20.2. The van der Waals surface area contributed by atoms with E-state index >= 15 is 0 Å². The molecule has 0 fully saturated rings. The highest BCUT2D eigenvalue weighted by Crippen LogP contribution is 2.45. The minimum absolute atomic E-state index is 0.153. The minimum atomic E-state index is -0.878. The first-order valence-corrected chi connectivity index (χ1v) is 15.3. The van der Waals surface area contributed by atoms with Gasteiger partial charge in [0.1, 0.15) is 5.75 Å². The topological polar surface area (TPSA) is 46.5 Å². The summed E-state index contributed by atoms with van der Waals surface area (Å²) in [5.74, 6) is 0.0553. The molecule has 0 aliphatic carbocycles. The molecule has 6 rings (SSSR count). The second-order valence-corrected chi connectivity index (χ2v) is 12.2. The lowest BCUT2D eigenvalue weighted by Gasteiger charge is -2.25. The molecule has 0 aromatic heterocycles. The smallest absolute Gasteiger partial charge is 0.303 e. The number of carboxylic acids is 1. The van der Waals surface area contributed by atoms with Crippen molar-refractivity contribution in [3.05, 3.63) is 133 Å². The third-order valence-electron chi connectivity index (χ3n) is 7.36. The van der Waals surface area contributed by atoms with Crippen molar-refractivity contribution < 1.29 is 14.6 Å². The summed E-state index contributed by atoms with van der Waals surface area (Å²) in [6.07, 6.45) is 1.42. The lowest BCUT2D eigenvalue weighted by Crippen LogP contribution is -2.22. The van der Waals surface area contributed by atoms with Gasteiger partial charge in [0.25, 0.3) is 0 Å². The molecule has 0 heterocycles. The first-order valence-electron chi connectivity index (χ1n) is 14.0. The van der Waals surface area contributed by atoms with Crippen molar-refractivity contribution in [2.24, 2.45) is 0 Å². The predicted octanol–water partition coefficient (Wildman–Crippen LogP) is 8.05. The Hall–Kier alpha value is -4.46. The second kappa shape index (κ2) is 12.4. The summed E-state index contributed by atoms with van der Waals surface area (Å²) in [6.45, 7) is 0.463. The molecular weight excluding hydrogens is 523 g/mol. The molecule has 4 heteroatoms. The van der Waals surface area contributed by atoms with E-state index in [0.29, 0.717) is 19.4 Å². The highest BCUT2D eigenvalue weighted by Gasteiger charge is 2.25. The average Bonchev–Trinajstić information content (AvgIpc) is 3.02. The maximum atomic E-state index is 11.0. The zero-order valence-corrected chi connectivity index (χ0v) is 23.6. The van der Waals surface area contributed by atoms with Crippen LogP contribution in [0.2, 0.25) is 0 Å². The largest absolute Gasteiger partial charge is 0.493 e. The lowest BCUT2D eigenvalue weighted by molar-refractivity contribution is -0.137. The number of unbranched alkanes of at least 4 members (excludes halogenated alkanes) is 1. The van der Waals surface area contributed by atoms with Crippen LogP contribution >= 0.6 is 7.92 Å². The number of ether oxygens (including phenoxy) is 1. The van der Waals surface area contributed by atoms with Crippen LogP contribution in [0.15, 0.2) is 133 Å². The summed E-state index contributed by atoms with van der Waals surface area (Å²) in [5.41, 5.74) is 2.28. The molecule has 3 nitrogen and oxygen atoms in total. The summed E-state index contributed by atoms with van der Waals surface area (Å²) < 4.78 is 6.49. The fourth-order valence-corrected chi connectivity index (χ4v) is 7.96. The molecule has 0 saturated heterocycles. The van der Waals surface area contributed by atoms with Gasteiger partial charge in [-0.15, -0.1) is 0 Å². The molecule has 202 valence electrons. The van der Waals surface area contributed by atoms with E-state index in [2.05, 4.69) is 133 Å². The van der Waals surface area contributed by atoms with Gasteiger partial charge >= 0.3 is 5.97 Å². The van der Waals surface area contributed by atoms with Crippen LogP contribution in [0.25, 0.3) is 32.7 Å². The minimum Gasteiger partial charge on any atom is -0.493 e. The maximum absolute atomic E-state index is 11.0. The number of fused-ring (bicyclic) bond motifs is 2. The normalized spacial score (nSPS) is 11.2. The predicted molar refractivity (Wildman–Crippen MR) is 173 cm³/mol. The standard InChI is InChI=1S/C37H31O3P/c38-35(39)21-11-12-26-40-33-24-22-27-13-7-9-19-31(27)36(33)37-32-20-10-8-14-28(32)23-25-34(37)41(29-15-3-1-4-16-29)30-17-5-2-6-18-30/h1-10,13-20,22-25H,11-12,21,26H2,(H,38,39). The highest BCUT2D eigenvalue weighted by atomic mass is 31.1. The Morgan fingerprint density at radius 2 is 1.12 bits per heavy atom. The molecule has 0 radical (unpaired) electrons. The van der Waals surface area contributed by atoms with Crippen molar-refractivity contribution in [2.75, 3.05) is 6.61 Å². The highest BCUT2D eigenvalue weighted by molar-refractivity contribution is 7.80. The van der Waals surface area contributed by atoms with Gasteiger partial charge < -0.3 is 9.84 Å². The van der Waals surface area contributed by atoms with E-state index in [4.69, 9.17) is 9.84 Å². The quantitative estimate of drug-likeness (QED) is 0.138. The zero-order chi connectivity index (χ0) is 28.0. The molecule has 0 atom stereocenters. The van der Waals surface area contributed by atoms with E-state index in [9.17, 15) is 4.79 Å². The molecule has 0 saturated carbocycles. The molecule has 0 amide bonds. The van der Waals surface area contributed by atoms with Crippen LogP contribution in [0.3, 0.4) is 0 Å². The second-order valence-electron chi connectivity index (χ2n) is 10.0. The van der Waals surface area contributed by atoms with Crippen molar-refractivity contribution in [3.63, 3.8) is 0 Å². The van der Waals surface area contributed by atoms with E-state index in [1.807, 2.05) is 0 Å². The summed E-state index contributed by atoms with van der Waals surface area (Å²) >= 11 is 0. The van der Waals surface area contributed by atoms with Crippen molar-refractivity contribution in [1.82, 2.24) is 0 Å². The number of aliphatic carboxylic acids is 1. The third kappa shape index (κ3) is 5.73. The van der Waals surface area contributed by atoms with Gasteiger partial charge in [-0.05, 0) is 64.3 Å². The van der Waals surface area contributed by atoms with Crippen LogP contribution in [-0.4, -0.2) is 17.7 Å². The fourth-order valence-electron chi connectivity index (χ4n) is 5.48. The summed E-state index contributed by atoms with van der Waals surface area (Å²) in [6, 6.07) is 47.4. The maximum Gasteiger partial charge on any atom is 0.303 e. The number of hydrogen-bond acceptors (Lipinski definition) is 2. The van der Waals surface area contributed by atoms with Crippen LogP contribution in [0.5, 0.6) is 5.75 Å². The van der Waals surface area contributed by atoms with Crippen LogP contribution in [-0.2, 0) is 4.79 Å². The van der Waals surface area contributed by atoms with E-state index in [0.717, 1.165) is 22.1 Å². The summed E-state index contributed by atoms with van der Waals surface area (Å²) in [7, 11) is -0.878. The van der Waals surface area contributed by atoms with Crippen molar-refractivity contribution in [3.8, 4) is 16.9 Å². The SMILES string of the molecule is O=C(O)CCCCOc1ccc2ccccc2c1-c1c(P(c2ccccc2)c2ccccc2)ccc2ccccc12. The Labute approximate surface area is 241 Å². The summed E-state index contributed by atoms with van der Waals surface area (Å²) in [4.78, 5) is 11.0. The van der Waals surface area contributed by atoms with Crippen LogP contribution < -0.4 is 20.7 Å². The number of hydrogen-bond donors (Lipinski definition) is 1. The first kappa shape index (κ1) is 26.7. The van der Waals surface area contributed by atoms with Gasteiger partial charge in [-0.1, -0.05) is 127 Å². The Morgan fingerprint density at radius 1 is 0.585 bits per heavy atom. The van der Waals surface area contributed by atoms with E-state index in [1.165, 1.54) is 32.2 Å². The van der Waals surface area contributed by atoms with Crippen molar-refractivity contribution in [2.45, 2.75) is 19.3 Å². The summed E-state index contributed by atoms with van der Waals surface area (Å²) in [5, 5.41) is 17.6. The molecule has 0 aliphatic heterocycles. The molecule has 41 heavy (non-hydrogen) atoms. The monoisotopic (exact) mass is 554 g/mol. The average molecular weight is 555 g/mol. The molecular formula is C37H31O3P. The van der Waals surface area contributed by atoms with Crippen LogP contribution in [0.4, 0.5) is 0 Å². The van der Waals surface area contributed by atoms with Gasteiger partial charge in [0.2, 0.25) is 0 Å². The Bertz CT molecular complexity index is 1760. The zero-order valence-electron chi connectivity index (χ0n) is 22.7. The molecule has 0 aliphatic rings. The fraction of sp³-hybridized carbons (Fsp3) is 0.108. The lowest BCUT2D eigenvalue weighted by atomic mass is 9.93. The van der Waals surface area contributed by atoms with Gasteiger partial charge in [-0.25, -0.2) is 0 Å². The molecule has 6 aromatic carbocycles. The number of benzene rings is 6. The molecule has 0 bridgehead atoms. The Balaban J connectivity index is 1.61. The van der Waals surface area contributed by atoms with Crippen molar-refractivity contribution >= 4 is 51.3 Å². The van der Waals surface area contributed by atoms with E-state index in [1.54, 1.807) is 0 Å². The Kier molecular flexibility index (Phi) is 8.07. The van der Waals surface area contributed by atoms with Gasteiger partial charge in [0.05, 0.1) is 6.61 Å². The number of carbonyl (C=O) groups is 1. The number of carboxylic acid groups (broad SMARTS) is 1. The van der Waals surface area contributed by atoms with E-state index < -0.39 is 13.9 Å². The van der Waals surface area contributed by atoms with Gasteiger partial charge in [0.15, 0.2) is 0 Å². The molecule has 1 N–H and O–H groups in total. The Morgan fingerprint density at radius 3 is 1.73 bits per heavy atom. The van der Waals surface area contributed by atoms with Gasteiger partial charge in [-0.3, -0.25) is 4.79 Å². The molecule has 6 aromatic rings. The molecule has 0 spiro atoms. The van der Waals surface area contributed by atoms with Crippen molar-refractivity contribution in [1.29, 1.82) is 0 Å². The van der Waals surface area contributed by atoms with Gasteiger partial charge in [-0.2, -0.15) is 0 Å². The van der Waals surface area contributed by atoms with E-state index in [-0.39, 0.29) is 6.42 Å². The number of rotatable bonds is 10.